The molecule has 116 valence electrons. The lowest BCUT2D eigenvalue weighted by Gasteiger charge is -2.18. The van der Waals surface area contributed by atoms with Crippen LogP contribution in [0.4, 0.5) is 0 Å². The first kappa shape index (κ1) is 16.2. The molecule has 0 bridgehead atoms. The molecule has 0 N–H and O–H groups in total. The highest BCUT2D eigenvalue weighted by Gasteiger charge is 2.14. The summed E-state index contributed by atoms with van der Waals surface area (Å²) >= 11 is 0. The van der Waals surface area contributed by atoms with Crippen LogP contribution in [0.3, 0.4) is 0 Å². The average molecular weight is 297 g/mol. The molecule has 1 aromatic carbocycles. The van der Waals surface area contributed by atoms with Crippen molar-refractivity contribution in [3.63, 3.8) is 0 Å². The minimum absolute atomic E-state index is 0.212. The molecular formula is C19H23NO2. The zero-order chi connectivity index (χ0) is 16.2. The van der Waals surface area contributed by atoms with E-state index in [0.717, 1.165) is 28.6 Å². The Balaban J connectivity index is 2.08. The van der Waals surface area contributed by atoms with Gasteiger partial charge in [0.15, 0.2) is 0 Å². The molecule has 0 unspecified atom stereocenters. The van der Waals surface area contributed by atoms with Crippen LogP contribution in [0.5, 0.6) is 0 Å². The molecule has 0 aliphatic heterocycles. The summed E-state index contributed by atoms with van der Waals surface area (Å²) in [6, 6.07) is 10.3. The summed E-state index contributed by atoms with van der Waals surface area (Å²) in [6.45, 7) is 7.71. The van der Waals surface area contributed by atoms with Crippen LogP contribution in [0, 0.1) is 0 Å². The number of esters is 1. The maximum Gasteiger partial charge on any atom is 0.310 e. The van der Waals surface area contributed by atoms with Gasteiger partial charge >= 0.3 is 5.97 Å². The Labute approximate surface area is 132 Å². The monoisotopic (exact) mass is 297 g/mol. The predicted molar refractivity (Wildman–Crippen MR) is 90.6 cm³/mol. The maximum absolute atomic E-state index is 11.7. The Morgan fingerprint density at radius 2 is 1.95 bits per heavy atom. The molecular weight excluding hydrogens is 274 g/mol. The smallest absolute Gasteiger partial charge is 0.310 e. The second-order valence-electron chi connectivity index (χ2n) is 6.30. The summed E-state index contributed by atoms with van der Waals surface area (Å²) in [5.74, 6) is -0.212. The third kappa shape index (κ3) is 4.69. The zero-order valence-corrected chi connectivity index (χ0v) is 13.7. The van der Waals surface area contributed by atoms with Crippen molar-refractivity contribution >= 4 is 22.9 Å². The van der Waals surface area contributed by atoms with Crippen molar-refractivity contribution in [1.82, 2.24) is 4.98 Å². The van der Waals surface area contributed by atoms with E-state index in [2.05, 4.69) is 30.1 Å². The number of rotatable bonds is 4. The number of carbonyl (C=O) groups excluding carboxylic acids is 1. The SMILES string of the molecule is CCc1ccc2ccc(/C=C/CC(=O)OC(C)(C)C)cc2n1. The normalized spacial score (nSPS) is 12.0. The summed E-state index contributed by atoms with van der Waals surface area (Å²) in [4.78, 5) is 16.3. The van der Waals surface area contributed by atoms with E-state index >= 15 is 0 Å². The summed E-state index contributed by atoms with van der Waals surface area (Å²) in [5.41, 5.74) is 2.67. The minimum atomic E-state index is -0.436. The van der Waals surface area contributed by atoms with Crippen LogP contribution in [0.1, 0.15) is 45.4 Å². The minimum Gasteiger partial charge on any atom is -0.460 e. The fraction of sp³-hybridized carbons (Fsp3) is 0.368. The van der Waals surface area contributed by atoms with E-state index in [-0.39, 0.29) is 12.4 Å². The van der Waals surface area contributed by atoms with E-state index in [1.165, 1.54) is 0 Å². The molecule has 2 rings (SSSR count). The number of pyridine rings is 1. The number of hydrogen-bond acceptors (Lipinski definition) is 3. The Morgan fingerprint density at radius 3 is 2.64 bits per heavy atom. The third-order valence-electron chi connectivity index (χ3n) is 3.15. The van der Waals surface area contributed by atoms with Gasteiger partial charge in [-0.15, -0.1) is 0 Å². The number of ether oxygens (including phenoxy) is 1. The van der Waals surface area contributed by atoms with Gasteiger partial charge in [-0.2, -0.15) is 0 Å². The van der Waals surface area contributed by atoms with Gasteiger partial charge in [-0.3, -0.25) is 9.78 Å². The number of nitrogens with zero attached hydrogens (tertiary/aromatic N) is 1. The number of aromatic nitrogens is 1. The highest BCUT2D eigenvalue weighted by Crippen LogP contribution is 2.16. The zero-order valence-electron chi connectivity index (χ0n) is 13.7. The Morgan fingerprint density at radius 1 is 1.23 bits per heavy atom. The molecule has 0 atom stereocenters. The Hall–Kier alpha value is -2.16. The first-order valence-corrected chi connectivity index (χ1v) is 7.65. The van der Waals surface area contributed by atoms with Crippen LogP contribution in [0.2, 0.25) is 0 Å². The molecule has 0 radical (unpaired) electrons. The number of hydrogen-bond donors (Lipinski definition) is 0. The molecule has 0 amide bonds. The lowest BCUT2D eigenvalue weighted by atomic mass is 10.1. The van der Waals surface area contributed by atoms with E-state index in [1.807, 2.05) is 45.1 Å². The van der Waals surface area contributed by atoms with Crippen LogP contribution >= 0.6 is 0 Å². The predicted octanol–water partition coefficient (Wildman–Crippen LogP) is 4.54. The second-order valence-corrected chi connectivity index (χ2v) is 6.30. The summed E-state index contributed by atoms with van der Waals surface area (Å²) in [7, 11) is 0. The van der Waals surface area contributed by atoms with Gasteiger partial charge in [0.2, 0.25) is 0 Å². The molecule has 0 saturated carbocycles. The molecule has 0 saturated heterocycles. The first-order valence-electron chi connectivity index (χ1n) is 7.65. The molecule has 3 nitrogen and oxygen atoms in total. The molecule has 0 fully saturated rings. The fourth-order valence-corrected chi connectivity index (χ4v) is 2.15. The standard InChI is InChI=1S/C19H23NO2/c1-5-16-12-11-15-10-9-14(13-17(15)20-16)7-6-8-18(21)22-19(2,3)4/h6-7,9-13H,5,8H2,1-4H3/b7-6+. The quantitative estimate of drug-likeness (QED) is 0.778. The van der Waals surface area contributed by atoms with Crippen LogP contribution in [-0.4, -0.2) is 16.6 Å². The average Bonchev–Trinajstić information content (AvgIpc) is 2.44. The van der Waals surface area contributed by atoms with E-state index in [0.29, 0.717) is 0 Å². The van der Waals surface area contributed by atoms with Gasteiger partial charge in [-0.1, -0.05) is 37.3 Å². The highest BCUT2D eigenvalue weighted by molar-refractivity contribution is 5.81. The van der Waals surface area contributed by atoms with Crippen LogP contribution in [0.15, 0.2) is 36.4 Å². The van der Waals surface area contributed by atoms with Crippen molar-refractivity contribution < 1.29 is 9.53 Å². The van der Waals surface area contributed by atoms with Crippen LogP contribution in [0.25, 0.3) is 17.0 Å². The van der Waals surface area contributed by atoms with Crippen molar-refractivity contribution in [2.75, 3.05) is 0 Å². The molecule has 3 heteroatoms. The van der Waals surface area contributed by atoms with Gasteiger partial charge in [0, 0.05) is 11.1 Å². The van der Waals surface area contributed by atoms with E-state index < -0.39 is 5.60 Å². The van der Waals surface area contributed by atoms with Gasteiger partial charge in [0.25, 0.3) is 0 Å². The van der Waals surface area contributed by atoms with Crippen LogP contribution in [-0.2, 0) is 16.0 Å². The number of carbonyl (C=O) groups is 1. The third-order valence-corrected chi connectivity index (χ3v) is 3.15. The molecule has 1 heterocycles. The molecule has 0 aliphatic carbocycles. The molecule has 0 spiro atoms. The largest absolute Gasteiger partial charge is 0.460 e. The number of benzene rings is 1. The van der Waals surface area contributed by atoms with Gasteiger partial charge in [0.05, 0.1) is 11.9 Å². The van der Waals surface area contributed by atoms with Crippen molar-refractivity contribution in [2.45, 2.75) is 46.1 Å². The Kier molecular flexibility index (Phi) is 4.96. The molecule has 1 aromatic heterocycles. The second kappa shape index (κ2) is 6.73. The van der Waals surface area contributed by atoms with E-state index in [1.54, 1.807) is 0 Å². The van der Waals surface area contributed by atoms with Gasteiger partial charge in [0.1, 0.15) is 5.60 Å². The van der Waals surface area contributed by atoms with Crippen molar-refractivity contribution in [1.29, 1.82) is 0 Å². The van der Waals surface area contributed by atoms with Crippen LogP contribution < -0.4 is 0 Å². The topological polar surface area (TPSA) is 39.2 Å². The highest BCUT2D eigenvalue weighted by atomic mass is 16.6. The molecule has 2 aromatic rings. The summed E-state index contributed by atoms with van der Waals surface area (Å²) in [6.07, 6.45) is 4.97. The molecule has 22 heavy (non-hydrogen) atoms. The lowest BCUT2D eigenvalue weighted by molar-refractivity contribution is -0.153. The van der Waals surface area contributed by atoms with Gasteiger partial charge in [-0.05, 0) is 44.9 Å². The van der Waals surface area contributed by atoms with Crippen molar-refractivity contribution in [3.8, 4) is 0 Å². The number of aryl methyl sites for hydroxylation is 1. The first-order chi connectivity index (χ1) is 10.4. The fourth-order valence-electron chi connectivity index (χ4n) is 2.15. The van der Waals surface area contributed by atoms with E-state index in [9.17, 15) is 4.79 Å². The Bertz CT molecular complexity index is 696. The van der Waals surface area contributed by atoms with Gasteiger partial charge < -0.3 is 4.74 Å². The number of fused-ring (bicyclic) bond motifs is 1. The molecule has 0 aliphatic rings. The van der Waals surface area contributed by atoms with Gasteiger partial charge in [-0.25, -0.2) is 0 Å². The van der Waals surface area contributed by atoms with Crippen molar-refractivity contribution in [3.05, 3.63) is 47.7 Å². The summed E-state index contributed by atoms with van der Waals surface area (Å²) in [5, 5.41) is 1.13. The van der Waals surface area contributed by atoms with Crippen molar-refractivity contribution in [2.24, 2.45) is 0 Å². The maximum atomic E-state index is 11.7. The summed E-state index contributed by atoms with van der Waals surface area (Å²) < 4.78 is 5.27. The van der Waals surface area contributed by atoms with E-state index in [4.69, 9.17) is 4.74 Å². The lowest BCUT2D eigenvalue weighted by Crippen LogP contribution is -2.23.